The molecule has 116 valence electrons. The van der Waals surface area contributed by atoms with Gasteiger partial charge in [0.15, 0.2) is 5.82 Å². The van der Waals surface area contributed by atoms with Gasteiger partial charge in [0.05, 0.1) is 5.60 Å². The summed E-state index contributed by atoms with van der Waals surface area (Å²) in [5.74, 6) is 0.640. The largest absolute Gasteiger partial charge is 0.465 e. The summed E-state index contributed by atoms with van der Waals surface area (Å²) >= 11 is 0. The number of aryl methyl sites for hydroxylation is 1. The molecule has 0 aliphatic carbocycles. The maximum Gasteiger partial charge on any atom is 0.407 e. The third-order valence-electron chi connectivity index (χ3n) is 4.14. The monoisotopic (exact) mass is 302 g/mol. The van der Waals surface area contributed by atoms with Crippen molar-refractivity contribution in [1.82, 2.24) is 19.7 Å². The lowest BCUT2D eigenvalue weighted by molar-refractivity contribution is -0.0213. The van der Waals surface area contributed by atoms with Gasteiger partial charge < -0.3 is 15.1 Å². The van der Waals surface area contributed by atoms with E-state index in [2.05, 4.69) is 10.1 Å². The van der Waals surface area contributed by atoms with Crippen LogP contribution < -0.4 is 0 Å². The van der Waals surface area contributed by atoms with E-state index >= 15 is 0 Å². The molecule has 0 radical (unpaired) electrons. The fourth-order valence-corrected chi connectivity index (χ4v) is 2.76. The van der Waals surface area contributed by atoms with Crippen LogP contribution in [-0.2, 0) is 12.6 Å². The number of rotatable bonds is 2. The van der Waals surface area contributed by atoms with Gasteiger partial charge >= 0.3 is 6.09 Å². The van der Waals surface area contributed by atoms with Gasteiger partial charge in [0, 0.05) is 25.7 Å². The van der Waals surface area contributed by atoms with Crippen LogP contribution >= 0.6 is 0 Å². The van der Waals surface area contributed by atoms with Gasteiger partial charge in [0.1, 0.15) is 6.33 Å². The van der Waals surface area contributed by atoms with Gasteiger partial charge in [0.25, 0.3) is 0 Å². The van der Waals surface area contributed by atoms with Gasteiger partial charge in [-0.05, 0) is 18.4 Å². The van der Waals surface area contributed by atoms with E-state index in [-0.39, 0.29) is 0 Å². The molecule has 2 N–H and O–H groups in total. The molecule has 7 nitrogen and oxygen atoms in total. The van der Waals surface area contributed by atoms with Crippen LogP contribution in [0.2, 0.25) is 0 Å². The first-order chi connectivity index (χ1) is 10.5. The molecule has 0 saturated carbocycles. The molecule has 1 fully saturated rings. The van der Waals surface area contributed by atoms with Gasteiger partial charge in [0.2, 0.25) is 0 Å². The molecule has 0 unspecified atom stereocenters. The average molecular weight is 302 g/mol. The Bertz CT molecular complexity index is 672. The van der Waals surface area contributed by atoms with E-state index in [0.29, 0.717) is 31.8 Å². The molecule has 0 bridgehead atoms. The minimum absolute atomic E-state index is 0.343. The van der Waals surface area contributed by atoms with E-state index in [4.69, 9.17) is 5.11 Å². The van der Waals surface area contributed by atoms with E-state index in [1.54, 1.807) is 11.0 Å². The lowest BCUT2D eigenvalue weighted by atomic mass is 9.84. The Kier molecular flexibility index (Phi) is 3.58. The Morgan fingerprint density at radius 2 is 1.86 bits per heavy atom. The Hall–Kier alpha value is -2.41. The molecule has 1 aromatic carbocycles. The van der Waals surface area contributed by atoms with Crippen molar-refractivity contribution in [2.24, 2.45) is 7.05 Å². The highest BCUT2D eigenvalue weighted by Crippen LogP contribution is 2.33. The quantitative estimate of drug-likeness (QED) is 0.876. The number of hydrogen-bond acceptors (Lipinski definition) is 4. The second-order valence-corrected chi connectivity index (χ2v) is 5.62. The Morgan fingerprint density at radius 3 is 2.36 bits per heavy atom. The molecule has 1 amide bonds. The van der Waals surface area contributed by atoms with E-state index < -0.39 is 11.7 Å². The predicted molar refractivity (Wildman–Crippen MR) is 79.2 cm³/mol. The summed E-state index contributed by atoms with van der Waals surface area (Å²) in [4.78, 5) is 16.5. The molecule has 7 heteroatoms. The van der Waals surface area contributed by atoms with Crippen LogP contribution in [-0.4, -0.2) is 49.1 Å². The highest BCUT2D eigenvalue weighted by Gasteiger charge is 2.35. The molecule has 0 spiro atoms. The fraction of sp³-hybridized carbons (Fsp3) is 0.400. The van der Waals surface area contributed by atoms with Crippen LogP contribution in [0.15, 0.2) is 30.6 Å². The molecule has 2 heterocycles. The number of aromatic nitrogens is 3. The zero-order valence-electron chi connectivity index (χ0n) is 12.3. The number of hydrogen-bond donors (Lipinski definition) is 2. The first-order valence-electron chi connectivity index (χ1n) is 7.15. The highest BCUT2D eigenvalue weighted by atomic mass is 16.4. The van der Waals surface area contributed by atoms with Crippen molar-refractivity contribution in [2.45, 2.75) is 18.4 Å². The third kappa shape index (κ3) is 2.67. The number of piperidine rings is 1. The molecular weight excluding hydrogens is 284 g/mol. The van der Waals surface area contributed by atoms with Crippen LogP contribution in [0, 0.1) is 0 Å². The topological polar surface area (TPSA) is 91.5 Å². The zero-order valence-corrected chi connectivity index (χ0v) is 12.3. The standard InChI is InChI=1S/C15H18N4O3/c1-18-10-16-13(17-18)11-2-4-12(5-3-11)15(22)6-8-19(9-7-15)14(20)21/h2-5,10,22H,6-9H2,1H3,(H,20,21). The summed E-state index contributed by atoms with van der Waals surface area (Å²) in [5, 5.41) is 24.0. The van der Waals surface area contributed by atoms with Crippen molar-refractivity contribution in [1.29, 1.82) is 0 Å². The Balaban J connectivity index is 1.77. The lowest BCUT2D eigenvalue weighted by Gasteiger charge is -2.37. The number of benzene rings is 1. The van der Waals surface area contributed by atoms with Crippen molar-refractivity contribution in [2.75, 3.05) is 13.1 Å². The minimum atomic E-state index is -0.970. The second kappa shape index (κ2) is 5.42. The van der Waals surface area contributed by atoms with Crippen molar-refractivity contribution in [3.63, 3.8) is 0 Å². The summed E-state index contributed by atoms with van der Waals surface area (Å²) in [6.07, 6.45) is 1.51. The first kappa shape index (κ1) is 14.5. The molecule has 1 aliphatic rings. The molecule has 1 aliphatic heterocycles. The van der Waals surface area contributed by atoms with Crippen molar-refractivity contribution < 1.29 is 15.0 Å². The molecule has 2 aromatic rings. The van der Waals surface area contributed by atoms with Gasteiger partial charge in [-0.1, -0.05) is 24.3 Å². The number of nitrogens with zero attached hydrogens (tertiary/aromatic N) is 4. The van der Waals surface area contributed by atoms with E-state index in [1.165, 1.54) is 4.90 Å². The Labute approximate surface area is 127 Å². The van der Waals surface area contributed by atoms with Gasteiger partial charge in [-0.15, -0.1) is 0 Å². The minimum Gasteiger partial charge on any atom is -0.465 e. The summed E-state index contributed by atoms with van der Waals surface area (Å²) in [5.41, 5.74) is 0.718. The van der Waals surface area contributed by atoms with Crippen LogP contribution in [0.25, 0.3) is 11.4 Å². The van der Waals surface area contributed by atoms with Crippen LogP contribution in [0.4, 0.5) is 4.79 Å². The SMILES string of the molecule is Cn1cnc(-c2ccc(C3(O)CCN(C(=O)O)CC3)cc2)n1. The summed E-state index contributed by atoms with van der Waals surface area (Å²) < 4.78 is 1.64. The number of aliphatic hydroxyl groups is 1. The number of carbonyl (C=O) groups is 1. The van der Waals surface area contributed by atoms with E-state index in [1.807, 2.05) is 31.3 Å². The van der Waals surface area contributed by atoms with Crippen LogP contribution in [0.3, 0.4) is 0 Å². The molecule has 1 saturated heterocycles. The average Bonchev–Trinajstić information content (AvgIpc) is 2.94. The second-order valence-electron chi connectivity index (χ2n) is 5.62. The highest BCUT2D eigenvalue weighted by molar-refractivity contribution is 5.65. The third-order valence-corrected chi connectivity index (χ3v) is 4.14. The summed E-state index contributed by atoms with van der Waals surface area (Å²) in [7, 11) is 1.81. The summed E-state index contributed by atoms with van der Waals surface area (Å²) in [6.45, 7) is 0.685. The lowest BCUT2D eigenvalue weighted by Crippen LogP contribution is -2.44. The predicted octanol–water partition coefficient (Wildman–Crippen LogP) is 1.44. The maximum atomic E-state index is 10.9. The Morgan fingerprint density at radius 1 is 1.23 bits per heavy atom. The molecule has 0 atom stereocenters. The number of amides is 1. The normalized spacial score (nSPS) is 17.5. The fourth-order valence-electron chi connectivity index (χ4n) is 2.76. The maximum absolute atomic E-state index is 10.9. The van der Waals surface area contributed by atoms with E-state index in [9.17, 15) is 9.90 Å². The van der Waals surface area contributed by atoms with Crippen molar-refractivity contribution >= 4 is 6.09 Å². The van der Waals surface area contributed by atoms with Gasteiger partial charge in [-0.3, -0.25) is 4.68 Å². The molecule has 3 rings (SSSR count). The summed E-state index contributed by atoms with van der Waals surface area (Å²) in [6, 6.07) is 7.49. The molecular formula is C15H18N4O3. The van der Waals surface area contributed by atoms with Crippen LogP contribution in [0.1, 0.15) is 18.4 Å². The molecule has 22 heavy (non-hydrogen) atoms. The van der Waals surface area contributed by atoms with Crippen molar-refractivity contribution in [3.8, 4) is 11.4 Å². The first-order valence-corrected chi connectivity index (χ1v) is 7.15. The van der Waals surface area contributed by atoms with Gasteiger partial charge in [-0.25, -0.2) is 9.78 Å². The van der Waals surface area contributed by atoms with Crippen LogP contribution in [0.5, 0.6) is 0 Å². The van der Waals surface area contributed by atoms with Gasteiger partial charge in [-0.2, -0.15) is 5.10 Å². The number of carboxylic acid groups (broad SMARTS) is 1. The number of likely N-dealkylation sites (tertiary alicyclic amines) is 1. The van der Waals surface area contributed by atoms with E-state index in [0.717, 1.165) is 11.1 Å². The smallest absolute Gasteiger partial charge is 0.407 e. The zero-order chi connectivity index (χ0) is 15.7. The molecule has 1 aromatic heterocycles. The van der Waals surface area contributed by atoms with Crippen molar-refractivity contribution in [3.05, 3.63) is 36.2 Å².